The maximum Gasteiger partial charge on any atom is 0.161 e. The molecule has 1 heterocycles. The van der Waals surface area contributed by atoms with E-state index in [9.17, 15) is 10.2 Å². The number of thioether (sulfide) groups is 1. The van der Waals surface area contributed by atoms with Crippen LogP contribution in [0.4, 0.5) is 0 Å². The average Bonchev–Trinajstić information content (AvgIpc) is 2.30. The van der Waals surface area contributed by atoms with Crippen LogP contribution in [-0.4, -0.2) is 52.0 Å². The maximum atomic E-state index is 9.44. The van der Waals surface area contributed by atoms with Crippen molar-refractivity contribution in [2.45, 2.75) is 24.5 Å². The Kier molecular flexibility index (Phi) is 2.98. The first kappa shape index (κ1) is 9.83. The molecule has 5 heteroatoms. The van der Waals surface area contributed by atoms with Crippen LogP contribution in [0, 0.1) is 0 Å². The lowest BCUT2D eigenvalue weighted by Crippen LogP contribution is -2.28. The molecule has 2 N–H and O–H groups in total. The fraction of sp³-hybridized carbons (Fsp3) is 0.857. The van der Waals surface area contributed by atoms with Gasteiger partial charge in [0.05, 0.1) is 6.10 Å². The quantitative estimate of drug-likeness (QED) is 0.597. The van der Waals surface area contributed by atoms with E-state index in [1.54, 1.807) is 6.92 Å². The standard InChI is InChI=1S/C7H14N2O2S/c1-4(10)5-6(11)12-7(8-5)9(2)3/h4-6,10-11H,1-3H3. The van der Waals surface area contributed by atoms with E-state index in [4.69, 9.17) is 0 Å². The van der Waals surface area contributed by atoms with Crippen LogP contribution in [0.1, 0.15) is 6.92 Å². The molecule has 1 aliphatic rings. The first-order chi connectivity index (χ1) is 5.52. The Morgan fingerprint density at radius 1 is 1.58 bits per heavy atom. The fourth-order valence-electron chi connectivity index (χ4n) is 0.966. The predicted octanol–water partition coefficient (Wildman–Crippen LogP) is -0.281. The highest BCUT2D eigenvalue weighted by Crippen LogP contribution is 2.27. The normalized spacial score (nSPS) is 31.6. The molecule has 3 atom stereocenters. The Balaban J connectivity index is 2.67. The summed E-state index contributed by atoms with van der Waals surface area (Å²) < 4.78 is 0. The predicted molar refractivity (Wildman–Crippen MR) is 50.2 cm³/mol. The molecule has 70 valence electrons. The lowest BCUT2D eigenvalue weighted by atomic mass is 10.2. The molecule has 1 aliphatic heterocycles. The molecule has 0 spiro atoms. The van der Waals surface area contributed by atoms with Crippen LogP contribution in [-0.2, 0) is 0 Å². The van der Waals surface area contributed by atoms with E-state index in [1.165, 1.54) is 11.8 Å². The number of rotatable bonds is 1. The summed E-state index contributed by atoms with van der Waals surface area (Å²) in [7, 11) is 3.73. The van der Waals surface area contributed by atoms with Crippen LogP contribution < -0.4 is 0 Å². The minimum Gasteiger partial charge on any atom is -0.391 e. The van der Waals surface area contributed by atoms with Crippen LogP contribution in [0.5, 0.6) is 0 Å². The van der Waals surface area contributed by atoms with Crippen molar-refractivity contribution in [3.63, 3.8) is 0 Å². The summed E-state index contributed by atoms with van der Waals surface area (Å²) in [6.07, 6.45) is -0.593. The third kappa shape index (κ3) is 1.91. The number of aliphatic hydroxyl groups is 2. The summed E-state index contributed by atoms with van der Waals surface area (Å²) in [6.45, 7) is 1.64. The Hall–Kier alpha value is -0.260. The molecule has 0 aromatic rings. The van der Waals surface area contributed by atoms with Crippen molar-refractivity contribution in [1.29, 1.82) is 0 Å². The number of hydrogen-bond acceptors (Lipinski definition) is 5. The molecule has 1 rings (SSSR count). The molecule has 0 amide bonds. The summed E-state index contributed by atoms with van der Waals surface area (Å²) >= 11 is 1.28. The number of amidine groups is 1. The van der Waals surface area contributed by atoms with Gasteiger partial charge in [-0.05, 0) is 6.92 Å². The minimum absolute atomic E-state index is 0.382. The SMILES string of the molecule is CC(O)C1N=C(N(C)C)SC1O. The van der Waals surface area contributed by atoms with E-state index in [-0.39, 0.29) is 6.04 Å². The molecule has 12 heavy (non-hydrogen) atoms. The highest BCUT2D eigenvalue weighted by atomic mass is 32.2. The van der Waals surface area contributed by atoms with Gasteiger partial charge in [-0.3, -0.25) is 4.99 Å². The van der Waals surface area contributed by atoms with E-state index < -0.39 is 11.5 Å². The van der Waals surface area contributed by atoms with Crippen LogP contribution >= 0.6 is 11.8 Å². The first-order valence-corrected chi connectivity index (χ1v) is 4.68. The zero-order valence-electron chi connectivity index (χ0n) is 7.43. The fourth-order valence-corrected chi connectivity index (χ4v) is 2.00. The van der Waals surface area contributed by atoms with Gasteiger partial charge in [0.25, 0.3) is 0 Å². The van der Waals surface area contributed by atoms with E-state index in [1.807, 2.05) is 19.0 Å². The number of aliphatic imine (C=N–C) groups is 1. The van der Waals surface area contributed by atoms with Gasteiger partial charge in [-0.25, -0.2) is 0 Å². The Labute approximate surface area is 76.3 Å². The van der Waals surface area contributed by atoms with Gasteiger partial charge in [0, 0.05) is 14.1 Å². The molecule has 0 fully saturated rings. The van der Waals surface area contributed by atoms with Gasteiger partial charge in [0.1, 0.15) is 11.5 Å². The highest BCUT2D eigenvalue weighted by molar-refractivity contribution is 8.14. The zero-order chi connectivity index (χ0) is 9.30. The molecule has 0 aromatic carbocycles. The van der Waals surface area contributed by atoms with Gasteiger partial charge >= 0.3 is 0 Å². The minimum atomic E-state index is -0.609. The second-order valence-corrected chi connectivity index (χ2v) is 4.13. The van der Waals surface area contributed by atoms with Gasteiger partial charge in [-0.2, -0.15) is 0 Å². The van der Waals surface area contributed by atoms with Crippen molar-refractivity contribution >= 4 is 16.9 Å². The maximum absolute atomic E-state index is 9.44. The molecular weight excluding hydrogens is 176 g/mol. The lowest BCUT2D eigenvalue weighted by Gasteiger charge is -2.13. The summed E-state index contributed by atoms with van der Waals surface area (Å²) in [5, 5.41) is 19.4. The smallest absolute Gasteiger partial charge is 0.161 e. The van der Waals surface area contributed by atoms with Gasteiger partial charge in [-0.1, -0.05) is 11.8 Å². The summed E-state index contributed by atoms with van der Waals surface area (Å²) in [5.74, 6) is 0. The van der Waals surface area contributed by atoms with E-state index in [0.29, 0.717) is 0 Å². The lowest BCUT2D eigenvalue weighted by molar-refractivity contribution is 0.113. The molecule has 0 saturated heterocycles. The second-order valence-electron chi connectivity index (χ2n) is 3.05. The average molecular weight is 190 g/mol. The van der Waals surface area contributed by atoms with Crippen molar-refractivity contribution < 1.29 is 10.2 Å². The molecule has 0 radical (unpaired) electrons. The van der Waals surface area contributed by atoms with Crippen molar-refractivity contribution in [2.24, 2.45) is 4.99 Å². The van der Waals surface area contributed by atoms with E-state index in [0.717, 1.165) is 5.17 Å². The Morgan fingerprint density at radius 2 is 2.17 bits per heavy atom. The van der Waals surface area contributed by atoms with Crippen molar-refractivity contribution in [1.82, 2.24) is 4.90 Å². The molecular formula is C7H14N2O2S. The van der Waals surface area contributed by atoms with Gasteiger partial charge in [-0.15, -0.1) is 0 Å². The van der Waals surface area contributed by atoms with E-state index in [2.05, 4.69) is 4.99 Å². The molecule has 0 aliphatic carbocycles. The topological polar surface area (TPSA) is 56.1 Å². The number of aliphatic hydroxyl groups excluding tert-OH is 2. The summed E-state index contributed by atoms with van der Waals surface area (Å²) in [5.41, 5.74) is -0.609. The Bertz CT molecular complexity index is 194. The largest absolute Gasteiger partial charge is 0.391 e. The molecule has 3 unspecified atom stereocenters. The Morgan fingerprint density at radius 3 is 2.42 bits per heavy atom. The van der Waals surface area contributed by atoms with Gasteiger partial charge in [0.15, 0.2) is 5.17 Å². The number of nitrogens with zero attached hydrogens (tertiary/aromatic N) is 2. The molecule has 0 aromatic heterocycles. The van der Waals surface area contributed by atoms with E-state index >= 15 is 0 Å². The summed E-state index contributed by atoms with van der Waals surface area (Å²) in [4.78, 5) is 6.00. The van der Waals surface area contributed by atoms with Crippen molar-refractivity contribution in [3.8, 4) is 0 Å². The second kappa shape index (κ2) is 3.64. The van der Waals surface area contributed by atoms with Crippen LogP contribution in [0.3, 0.4) is 0 Å². The monoisotopic (exact) mass is 190 g/mol. The molecule has 0 bridgehead atoms. The summed E-state index contributed by atoms with van der Waals surface area (Å²) in [6, 6.07) is -0.382. The van der Waals surface area contributed by atoms with Gasteiger partial charge in [0.2, 0.25) is 0 Å². The third-order valence-corrected chi connectivity index (χ3v) is 2.86. The van der Waals surface area contributed by atoms with Crippen molar-refractivity contribution in [2.75, 3.05) is 14.1 Å². The van der Waals surface area contributed by atoms with Crippen molar-refractivity contribution in [3.05, 3.63) is 0 Å². The van der Waals surface area contributed by atoms with Gasteiger partial charge < -0.3 is 15.1 Å². The zero-order valence-corrected chi connectivity index (χ0v) is 8.25. The van der Waals surface area contributed by atoms with Crippen LogP contribution in [0.25, 0.3) is 0 Å². The molecule has 4 nitrogen and oxygen atoms in total. The van der Waals surface area contributed by atoms with Crippen LogP contribution in [0.2, 0.25) is 0 Å². The third-order valence-electron chi connectivity index (χ3n) is 1.65. The van der Waals surface area contributed by atoms with Crippen LogP contribution in [0.15, 0.2) is 4.99 Å². The first-order valence-electron chi connectivity index (χ1n) is 3.80. The highest BCUT2D eigenvalue weighted by Gasteiger charge is 2.32. The number of hydrogen-bond donors (Lipinski definition) is 2. The molecule has 0 saturated carbocycles.